The third-order valence-corrected chi connectivity index (χ3v) is 2.62. The Kier molecular flexibility index (Phi) is 3.48. The van der Waals surface area contributed by atoms with Gasteiger partial charge in [0.25, 0.3) is 0 Å². The third-order valence-electron chi connectivity index (χ3n) is 2.62. The standard InChI is InChI=1S/C10H18N2O/c1-4-10(13)12-7-6-11(5-2)8-9(12)3/h4,9H,1,5-8H2,2-3H3/t9-/m0/s1. The van der Waals surface area contributed by atoms with Gasteiger partial charge < -0.3 is 4.90 Å². The summed E-state index contributed by atoms with van der Waals surface area (Å²) in [7, 11) is 0. The van der Waals surface area contributed by atoms with Gasteiger partial charge in [-0.25, -0.2) is 0 Å². The number of rotatable bonds is 2. The molecule has 1 heterocycles. The second kappa shape index (κ2) is 4.42. The summed E-state index contributed by atoms with van der Waals surface area (Å²) in [5.74, 6) is 0.0586. The zero-order valence-corrected chi connectivity index (χ0v) is 8.49. The molecule has 1 atom stereocenters. The number of likely N-dealkylation sites (N-methyl/N-ethyl adjacent to an activating group) is 1. The van der Waals surface area contributed by atoms with Crippen molar-refractivity contribution in [3.8, 4) is 0 Å². The maximum atomic E-state index is 11.4. The van der Waals surface area contributed by atoms with Gasteiger partial charge in [0.15, 0.2) is 0 Å². The minimum absolute atomic E-state index is 0.0586. The summed E-state index contributed by atoms with van der Waals surface area (Å²) in [6, 6.07) is 0.319. The first-order chi connectivity index (χ1) is 6.19. The number of piperazine rings is 1. The molecule has 0 bridgehead atoms. The highest BCUT2D eigenvalue weighted by Gasteiger charge is 2.24. The lowest BCUT2D eigenvalue weighted by molar-refractivity contribution is -0.130. The fourth-order valence-corrected chi connectivity index (χ4v) is 1.76. The molecule has 0 aromatic carbocycles. The highest BCUT2D eigenvalue weighted by atomic mass is 16.2. The second-order valence-electron chi connectivity index (χ2n) is 3.48. The minimum Gasteiger partial charge on any atom is -0.334 e. The van der Waals surface area contributed by atoms with E-state index in [1.807, 2.05) is 4.90 Å². The Morgan fingerprint density at radius 1 is 1.62 bits per heavy atom. The van der Waals surface area contributed by atoms with Gasteiger partial charge in [0.05, 0.1) is 0 Å². The Bertz CT molecular complexity index is 203. The first-order valence-corrected chi connectivity index (χ1v) is 4.84. The number of hydrogen-bond acceptors (Lipinski definition) is 2. The van der Waals surface area contributed by atoms with Crippen LogP contribution in [0.15, 0.2) is 12.7 Å². The fourth-order valence-electron chi connectivity index (χ4n) is 1.76. The van der Waals surface area contributed by atoms with Gasteiger partial charge >= 0.3 is 0 Å². The Morgan fingerprint density at radius 2 is 2.31 bits per heavy atom. The van der Waals surface area contributed by atoms with Gasteiger partial charge in [-0.2, -0.15) is 0 Å². The predicted molar refractivity (Wildman–Crippen MR) is 53.5 cm³/mol. The van der Waals surface area contributed by atoms with E-state index in [1.54, 1.807) is 0 Å². The normalized spacial score (nSPS) is 24.5. The maximum Gasteiger partial charge on any atom is 0.246 e. The van der Waals surface area contributed by atoms with Crippen molar-refractivity contribution in [2.75, 3.05) is 26.2 Å². The third kappa shape index (κ3) is 2.31. The van der Waals surface area contributed by atoms with Crippen LogP contribution in [-0.2, 0) is 4.79 Å². The molecule has 0 aliphatic carbocycles. The topological polar surface area (TPSA) is 23.6 Å². The Hall–Kier alpha value is -0.830. The van der Waals surface area contributed by atoms with E-state index >= 15 is 0 Å². The van der Waals surface area contributed by atoms with E-state index < -0.39 is 0 Å². The van der Waals surface area contributed by atoms with Crippen molar-refractivity contribution in [1.29, 1.82) is 0 Å². The molecule has 1 aliphatic heterocycles. The van der Waals surface area contributed by atoms with Crippen LogP contribution in [0.3, 0.4) is 0 Å². The van der Waals surface area contributed by atoms with Gasteiger partial charge in [0.2, 0.25) is 5.91 Å². The molecule has 74 valence electrons. The van der Waals surface area contributed by atoms with Gasteiger partial charge in [-0.05, 0) is 19.5 Å². The van der Waals surface area contributed by atoms with Crippen molar-refractivity contribution in [2.45, 2.75) is 19.9 Å². The molecule has 13 heavy (non-hydrogen) atoms. The Balaban J connectivity index is 2.52. The largest absolute Gasteiger partial charge is 0.334 e. The zero-order valence-electron chi connectivity index (χ0n) is 8.49. The van der Waals surface area contributed by atoms with Crippen molar-refractivity contribution >= 4 is 5.91 Å². The molecule has 0 unspecified atom stereocenters. The molecule has 0 aromatic heterocycles. The van der Waals surface area contributed by atoms with Crippen LogP contribution in [0.4, 0.5) is 0 Å². The molecule has 1 fully saturated rings. The zero-order chi connectivity index (χ0) is 9.84. The lowest BCUT2D eigenvalue weighted by Crippen LogP contribution is -2.53. The fraction of sp³-hybridized carbons (Fsp3) is 0.700. The second-order valence-corrected chi connectivity index (χ2v) is 3.48. The molecule has 1 aliphatic rings. The van der Waals surface area contributed by atoms with E-state index in [2.05, 4.69) is 25.3 Å². The van der Waals surface area contributed by atoms with E-state index in [-0.39, 0.29) is 5.91 Å². The van der Waals surface area contributed by atoms with Crippen LogP contribution in [0.5, 0.6) is 0 Å². The first kappa shape index (κ1) is 10.3. The van der Waals surface area contributed by atoms with Crippen LogP contribution in [0.1, 0.15) is 13.8 Å². The molecule has 0 aromatic rings. The van der Waals surface area contributed by atoms with Crippen molar-refractivity contribution < 1.29 is 4.79 Å². The summed E-state index contributed by atoms with van der Waals surface area (Å²) >= 11 is 0. The summed E-state index contributed by atoms with van der Waals surface area (Å²) in [5, 5.41) is 0. The molecular formula is C10H18N2O. The molecule has 0 N–H and O–H groups in total. The number of carbonyl (C=O) groups is 1. The SMILES string of the molecule is C=CC(=O)N1CCN(CC)C[C@@H]1C. The summed E-state index contributed by atoms with van der Waals surface area (Å²) in [6.07, 6.45) is 1.40. The van der Waals surface area contributed by atoms with Gasteiger partial charge in [0, 0.05) is 25.7 Å². The maximum absolute atomic E-state index is 11.4. The number of carbonyl (C=O) groups excluding carboxylic acids is 1. The van der Waals surface area contributed by atoms with Gasteiger partial charge in [0.1, 0.15) is 0 Å². The van der Waals surface area contributed by atoms with Crippen molar-refractivity contribution in [3.63, 3.8) is 0 Å². The molecular weight excluding hydrogens is 164 g/mol. The average molecular weight is 182 g/mol. The van der Waals surface area contributed by atoms with Crippen LogP contribution in [-0.4, -0.2) is 47.9 Å². The van der Waals surface area contributed by atoms with Crippen molar-refractivity contribution in [3.05, 3.63) is 12.7 Å². The van der Waals surface area contributed by atoms with E-state index in [4.69, 9.17) is 0 Å². The van der Waals surface area contributed by atoms with Crippen LogP contribution >= 0.6 is 0 Å². The monoisotopic (exact) mass is 182 g/mol. The van der Waals surface area contributed by atoms with Crippen LogP contribution < -0.4 is 0 Å². The molecule has 1 saturated heterocycles. The molecule has 3 heteroatoms. The van der Waals surface area contributed by atoms with Crippen molar-refractivity contribution in [2.24, 2.45) is 0 Å². The summed E-state index contributed by atoms with van der Waals surface area (Å²) < 4.78 is 0. The smallest absolute Gasteiger partial charge is 0.246 e. The molecule has 1 rings (SSSR count). The van der Waals surface area contributed by atoms with Gasteiger partial charge in [-0.3, -0.25) is 9.69 Å². The molecule has 1 amide bonds. The number of hydrogen-bond donors (Lipinski definition) is 0. The van der Waals surface area contributed by atoms with E-state index in [0.717, 1.165) is 26.2 Å². The summed E-state index contributed by atoms with van der Waals surface area (Å²) in [6.45, 7) is 11.6. The van der Waals surface area contributed by atoms with Gasteiger partial charge in [-0.1, -0.05) is 13.5 Å². The lowest BCUT2D eigenvalue weighted by atomic mass is 10.2. The molecule has 3 nitrogen and oxygen atoms in total. The number of amides is 1. The minimum atomic E-state index is 0.0586. The average Bonchev–Trinajstić information content (AvgIpc) is 2.16. The van der Waals surface area contributed by atoms with Crippen LogP contribution in [0.25, 0.3) is 0 Å². The quantitative estimate of drug-likeness (QED) is 0.588. The molecule has 0 saturated carbocycles. The van der Waals surface area contributed by atoms with Gasteiger partial charge in [-0.15, -0.1) is 0 Å². The van der Waals surface area contributed by atoms with E-state index in [9.17, 15) is 4.79 Å². The highest BCUT2D eigenvalue weighted by Crippen LogP contribution is 2.09. The Morgan fingerprint density at radius 3 is 2.77 bits per heavy atom. The van der Waals surface area contributed by atoms with E-state index in [0.29, 0.717) is 6.04 Å². The number of nitrogens with zero attached hydrogens (tertiary/aromatic N) is 2. The highest BCUT2D eigenvalue weighted by molar-refractivity contribution is 5.87. The van der Waals surface area contributed by atoms with Crippen LogP contribution in [0, 0.1) is 0 Å². The first-order valence-electron chi connectivity index (χ1n) is 4.84. The molecule has 0 radical (unpaired) electrons. The summed E-state index contributed by atoms with van der Waals surface area (Å²) in [5.41, 5.74) is 0. The van der Waals surface area contributed by atoms with E-state index in [1.165, 1.54) is 6.08 Å². The van der Waals surface area contributed by atoms with Crippen molar-refractivity contribution in [1.82, 2.24) is 9.80 Å². The molecule has 0 spiro atoms. The Labute approximate surface area is 80.0 Å². The summed E-state index contributed by atoms with van der Waals surface area (Å²) in [4.78, 5) is 15.6. The lowest BCUT2D eigenvalue weighted by Gasteiger charge is -2.38. The van der Waals surface area contributed by atoms with Crippen LogP contribution in [0.2, 0.25) is 0 Å². The predicted octanol–water partition coefficient (Wildman–Crippen LogP) is 0.725.